The fraction of sp³-hybridized carbons (Fsp3) is 0.520. The number of nitrogens with zero attached hydrogens (tertiary/aromatic N) is 2. The predicted octanol–water partition coefficient (Wildman–Crippen LogP) is 2.65. The third kappa shape index (κ3) is 5.50. The highest BCUT2D eigenvalue weighted by Gasteiger charge is 2.28. The minimum absolute atomic E-state index is 0.0148. The summed E-state index contributed by atoms with van der Waals surface area (Å²) in [5.41, 5.74) is 2.96. The van der Waals surface area contributed by atoms with Crippen LogP contribution < -0.4 is 0 Å². The lowest BCUT2D eigenvalue weighted by atomic mass is 10.1. The molecule has 1 aromatic heterocycles. The number of Topliss-reactive ketones (excluding diaryl/α,β-unsaturated/α-hetero) is 1. The van der Waals surface area contributed by atoms with E-state index in [0.717, 1.165) is 30.8 Å². The van der Waals surface area contributed by atoms with Crippen LogP contribution in [-0.4, -0.2) is 74.7 Å². The summed E-state index contributed by atoms with van der Waals surface area (Å²) in [6.07, 6.45) is 2.18. The Bertz CT molecular complexity index is 1210. The molecule has 0 bridgehead atoms. The zero-order chi connectivity index (χ0) is 25.2. The van der Waals surface area contributed by atoms with Crippen molar-refractivity contribution in [2.24, 2.45) is 0 Å². The number of morpholine rings is 1. The molecule has 0 spiro atoms. The molecule has 1 atom stereocenters. The fourth-order valence-electron chi connectivity index (χ4n) is 4.56. The Morgan fingerprint density at radius 1 is 1.06 bits per heavy atom. The minimum atomic E-state index is -3.76. The van der Waals surface area contributed by atoms with Gasteiger partial charge in [0, 0.05) is 43.2 Å². The number of aromatic nitrogens is 1. The van der Waals surface area contributed by atoms with Crippen molar-refractivity contribution < 1.29 is 32.2 Å². The van der Waals surface area contributed by atoms with Gasteiger partial charge in [-0.05, 0) is 57.4 Å². The Morgan fingerprint density at radius 2 is 1.80 bits per heavy atom. The van der Waals surface area contributed by atoms with Crippen LogP contribution in [0.5, 0.6) is 0 Å². The first kappa shape index (κ1) is 25.6. The molecule has 0 saturated carbocycles. The van der Waals surface area contributed by atoms with E-state index in [1.807, 2.05) is 13.8 Å². The highest BCUT2D eigenvalue weighted by Crippen LogP contribution is 2.23. The molecule has 0 aliphatic carbocycles. The number of carbonyl (C=O) groups excluding carboxylic acids is 2. The second-order valence-electron chi connectivity index (χ2n) is 9.02. The van der Waals surface area contributed by atoms with Gasteiger partial charge in [0.2, 0.25) is 15.8 Å². The third-order valence-corrected chi connectivity index (χ3v) is 8.55. The quantitative estimate of drug-likeness (QED) is 0.402. The molecular weight excluding hydrogens is 472 g/mol. The molecule has 4 rings (SSSR count). The average molecular weight is 505 g/mol. The highest BCUT2D eigenvalue weighted by atomic mass is 32.2. The van der Waals surface area contributed by atoms with Crippen LogP contribution in [0.15, 0.2) is 29.2 Å². The van der Waals surface area contributed by atoms with E-state index in [4.69, 9.17) is 14.2 Å². The Kier molecular flexibility index (Phi) is 7.75. The van der Waals surface area contributed by atoms with Gasteiger partial charge in [-0.1, -0.05) is 6.07 Å². The number of esters is 1. The van der Waals surface area contributed by atoms with Gasteiger partial charge >= 0.3 is 5.97 Å². The number of benzene rings is 1. The van der Waals surface area contributed by atoms with Crippen molar-refractivity contribution in [2.75, 3.05) is 39.5 Å². The van der Waals surface area contributed by atoms with Crippen molar-refractivity contribution in [3.8, 4) is 0 Å². The Labute approximate surface area is 206 Å². The average Bonchev–Trinajstić information content (AvgIpc) is 3.47. The number of aryl methyl sites for hydroxylation is 2. The maximum absolute atomic E-state index is 13.0. The van der Waals surface area contributed by atoms with Crippen LogP contribution in [0.2, 0.25) is 0 Å². The van der Waals surface area contributed by atoms with Gasteiger partial charge in [-0.15, -0.1) is 0 Å². The molecule has 2 saturated heterocycles. The zero-order valence-corrected chi connectivity index (χ0v) is 21.2. The first-order chi connectivity index (χ1) is 16.7. The molecule has 35 heavy (non-hydrogen) atoms. The van der Waals surface area contributed by atoms with E-state index in [-0.39, 0.29) is 35.4 Å². The number of hydrogen-bond donors (Lipinski definition) is 0. The SMILES string of the molecule is Cc1ccc(S(=O)(=O)N2CCOCC2)cc1C(=O)OCC(=O)c1cc(C)n(CC2CCCO2)c1C. The molecular formula is C25H32N2O7S. The van der Waals surface area contributed by atoms with Crippen molar-refractivity contribution in [1.29, 1.82) is 0 Å². The molecule has 0 radical (unpaired) electrons. The second kappa shape index (κ2) is 10.6. The van der Waals surface area contributed by atoms with Crippen LogP contribution in [0.3, 0.4) is 0 Å². The van der Waals surface area contributed by atoms with Gasteiger partial charge in [-0.25, -0.2) is 13.2 Å². The molecule has 10 heteroatoms. The molecule has 0 N–H and O–H groups in total. The standard InChI is InChI=1S/C25H32N2O7S/c1-17-6-7-21(35(30,31)26-8-11-32-12-9-26)14-22(17)25(29)34-16-24(28)23-13-18(2)27(19(23)3)15-20-5-4-10-33-20/h6-7,13-14,20H,4-5,8-12,15-16H2,1-3H3. The maximum Gasteiger partial charge on any atom is 0.338 e. The van der Waals surface area contributed by atoms with Gasteiger partial charge in [-0.2, -0.15) is 4.31 Å². The number of hydrogen-bond acceptors (Lipinski definition) is 7. The minimum Gasteiger partial charge on any atom is -0.454 e. The van der Waals surface area contributed by atoms with Gasteiger partial charge in [0.25, 0.3) is 0 Å². The summed E-state index contributed by atoms with van der Waals surface area (Å²) in [4.78, 5) is 25.7. The number of ketones is 1. The summed E-state index contributed by atoms with van der Waals surface area (Å²) < 4.78 is 45.6. The van der Waals surface area contributed by atoms with Gasteiger partial charge < -0.3 is 18.8 Å². The van der Waals surface area contributed by atoms with Gasteiger partial charge in [0.1, 0.15) is 0 Å². The number of ether oxygens (including phenoxy) is 3. The van der Waals surface area contributed by atoms with Crippen molar-refractivity contribution in [3.63, 3.8) is 0 Å². The third-order valence-electron chi connectivity index (χ3n) is 6.66. The van der Waals surface area contributed by atoms with E-state index in [0.29, 0.717) is 30.9 Å². The molecule has 1 aromatic carbocycles. The Hall–Kier alpha value is -2.53. The molecule has 2 fully saturated rings. The summed E-state index contributed by atoms with van der Waals surface area (Å²) >= 11 is 0. The topological polar surface area (TPSA) is 104 Å². The normalized spacial score (nSPS) is 19.1. The number of sulfonamides is 1. The molecule has 0 amide bonds. The predicted molar refractivity (Wildman–Crippen MR) is 128 cm³/mol. The first-order valence-electron chi connectivity index (χ1n) is 11.9. The van der Waals surface area contributed by atoms with Crippen LogP contribution in [-0.2, 0) is 30.8 Å². The lowest BCUT2D eigenvalue weighted by Gasteiger charge is -2.26. The van der Waals surface area contributed by atoms with E-state index in [9.17, 15) is 18.0 Å². The second-order valence-corrected chi connectivity index (χ2v) is 11.0. The van der Waals surface area contributed by atoms with Crippen LogP contribution >= 0.6 is 0 Å². The molecule has 9 nitrogen and oxygen atoms in total. The van der Waals surface area contributed by atoms with E-state index >= 15 is 0 Å². The summed E-state index contributed by atoms with van der Waals surface area (Å²) in [6.45, 7) is 7.72. The smallest absolute Gasteiger partial charge is 0.338 e. The summed E-state index contributed by atoms with van der Waals surface area (Å²) in [7, 11) is -3.76. The van der Waals surface area contributed by atoms with Crippen LogP contribution in [0.25, 0.3) is 0 Å². The molecule has 2 aliphatic heterocycles. The molecule has 3 heterocycles. The monoisotopic (exact) mass is 504 g/mol. The first-order valence-corrected chi connectivity index (χ1v) is 13.3. The molecule has 2 aliphatic rings. The van der Waals surface area contributed by atoms with Gasteiger partial charge in [0.15, 0.2) is 6.61 Å². The van der Waals surface area contributed by atoms with Crippen LogP contribution in [0, 0.1) is 20.8 Å². The number of rotatable bonds is 8. The number of carbonyl (C=O) groups is 2. The Balaban J connectivity index is 1.45. The molecule has 2 aromatic rings. The lowest BCUT2D eigenvalue weighted by Crippen LogP contribution is -2.40. The summed E-state index contributed by atoms with van der Waals surface area (Å²) in [6, 6.07) is 6.18. The van der Waals surface area contributed by atoms with Gasteiger partial charge in [0.05, 0.1) is 29.8 Å². The summed E-state index contributed by atoms with van der Waals surface area (Å²) in [5.74, 6) is -1.04. The largest absolute Gasteiger partial charge is 0.454 e. The fourth-order valence-corrected chi connectivity index (χ4v) is 6.00. The maximum atomic E-state index is 13.0. The van der Waals surface area contributed by atoms with Crippen LogP contribution in [0.4, 0.5) is 0 Å². The summed E-state index contributed by atoms with van der Waals surface area (Å²) in [5, 5.41) is 0. The Morgan fingerprint density at radius 3 is 2.49 bits per heavy atom. The van der Waals surface area contributed by atoms with E-state index in [2.05, 4.69) is 4.57 Å². The molecule has 190 valence electrons. The van der Waals surface area contributed by atoms with Gasteiger partial charge in [-0.3, -0.25) is 4.79 Å². The van der Waals surface area contributed by atoms with Crippen molar-refractivity contribution in [2.45, 2.75) is 51.2 Å². The lowest BCUT2D eigenvalue weighted by molar-refractivity contribution is 0.0473. The molecule has 1 unspecified atom stereocenters. The highest BCUT2D eigenvalue weighted by molar-refractivity contribution is 7.89. The van der Waals surface area contributed by atoms with Crippen molar-refractivity contribution in [3.05, 3.63) is 52.3 Å². The van der Waals surface area contributed by atoms with E-state index < -0.39 is 22.6 Å². The van der Waals surface area contributed by atoms with E-state index in [1.54, 1.807) is 19.1 Å². The van der Waals surface area contributed by atoms with Crippen LogP contribution in [0.1, 0.15) is 50.5 Å². The van der Waals surface area contributed by atoms with Crippen molar-refractivity contribution >= 4 is 21.8 Å². The zero-order valence-electron chi connectivity index (χ0n) is 20.4. The van der Waals surface area contributed by atoms with Crippen molar-refractivity contribution in [1.82, 2.24) is 8.87 Å². The van der Waals surface area contributed by atoms with E-state index in [1.165, 1.54) is 16.4 Å².